The Kier molecular flexibility index (Phi) is 7.86. The molecule has 0 radical (unpaired) electrons. The molecule has 3 saturated heterocycles. The van der Waals surface area contributed by atoms with Gasteiger partial charge in [0.1, 0.15) is 5.82 Å². The molecule has 0 saturated carbocycles. The highest BCUT2D eigenvalue weighted by atomic mass is 16.5. The Morgan fingerprint density at radius 1 is 1.08 bits per heavy atom. The van der Waals surface area contributed by atoms with E-state index in [0.29, 0.717) is 37.8 Å². The summed E-state index contributed by atoms with van der Waals surface area (Å²) in [5, 5.41) is 2.77. The van der Waals surface area contributed by atoms with Crippen LogP contribution >= 0.6 is 0 Å². The van der Waals surface area contributed by atoms with E-state index in [2.05, 4.69) is 15.2 Å². The van der Waals surface area contributed by atoms with Crippen LogP contribution in [0.4, 0.5) is 10.6 Å². The fourth-order valence-electron chi connectivity index (χ4n) is 5.96. The number of nitrogens with two attached hydrogens (primary N) is 2. The van der Waals surface area contributed by atoms with Gasteiger partial charge in [-0.05, 0) is 76.4 Å². The zero-order chi connectivity index (χ0) is 27.7. The molecule has 5 N–H and O–H groups in total. The minimum absolute atomic E-state index is 0.00833. The number of rotatable bonds is 6. The zero-order valence-corrected chi connectivity index (χ0v) is 22.7. The van der Waals surface area contributed by atoms with Crippen molar-refractivity contribution in [3.05, 3.63) is 52.6 Å². The molecular formula is C28H39N7O4. The Bertz CT molecular complexity index is 1230. The van der Waals surface area contributed by atoms with E-state index in [1.165, 1.54) is 10.1 Å². The van der Waals surface area contributed by atoms with Crippen LogP contribution in [0.25, 0.3) is 5.69 Å². The summed E-state index contributed by atoms with van der Waals surface area (Å²) < 4.78 is 7.13. The molecular weight excluding hydrogens is 498 g/mol. The maximum atomic E-state index is 13.2. The normalized spacial score (nSPS) is 24.4. The van der Waals surface area contributed by atoms with Crippen molar-refractivity contribution in [2.24, 2.45) is 17.4 Å². The van der Waals surface area contributed by atoms with Crippen LogP contribution in [0.15, 0.2) is 41.3 Å². The number of ether oxygens (including phenoxy) is 1. The van der Waals surface area contributed by atoms with Crippen LogP contribution in [-0.2, 0) is 16.1 Å². The number of ketones is 1. The number of carbonyl (C=O) groups excluding carboxylic acids is 2. The minimum atomic E-state index is -0.916. The molecule has 2 bridgehead atoms. The van der Waals surface area contributed by atoms with Gasteiger partial charge in [0.25, 0.3) is 0 Å². The zero-order valence-electron chi connectivity index (χ0n) is 22.7. The second kappa shape index (κ2) is 11.2. The predicted molar refractivity (Wildman–Crippen MR) is 148 cm³/mol. The molecule has 3 fully saturated rings. The number of morpholine rings is 1. The molecule has 11 heteroatoms. The third-order valence-corrected chi connectivity index (χ3v) is 8.05. The number of likely N-dealkylation sites (tertiary alicyclic amines) is 1. The van der Waals surface area contributed by atoms with Gasteiger partial charge in [0.15, 0.2) is 5.78 Å². The molecule has 2 atom stereocenters. The average molecular weight is 538 g/mol. The number of nitrogens with zero attached hydrogens (tertiary/aromatic N) is 4. The number of urea groups is 1. The van der Waals surface area contributed by atoms with Crippen molar-refractivity contribution in [1.82, 2.24) is 19.4 Å². The summed E-state index contributed by atoms with van der Waals surface area (Å²) in [5.74, 6) is -0.0185. The van der Waals surface area contributed by atoms with Crippen LogP contribution < -0.4 is 22.5 Å². The standard InChI is InChI=1S/C28H39N7O4/c1-28(2,30)25(36)19-13-22-16-39-17-23(14-19)35(22)27(38)32-24-9-12-34(26(37)31-24)21-5-3-18(4-6-21)15-33-10-7-20(29)8-11-33/h3-6,9,12,19-20,22-23H,7-8,10-11,13-17,29-30H2,1-2H3,(H,31,32,37,38). The summed E-state index contributed by atoms with van der Waals surface area (Å²) in [6.07, 6.45) is 4.65. The lowest BCUT2D eigenvalue weighted by Gasteiger charge is -2.48. The quantitative estimate of drug-likeness (QED) is 0.502. The Morgan fingerprint density at radius 3 is 2.31 bits per heavy atom. The van der Waals surface area contributed by atoms with Gasteiger partial charge in [-0.3, -0.25) is 19.6 Å². The van der Waals surface area contributed by atoms with E-state index < -0.39 is 11.2 Å². The average Bonchev–Trinajstić information content (AvgIpc) is 2.89. The second-order valence-electron chi connectivity index (χ2n) is 11.7. The molecule has 39 heavy (non-hydrogen) atoms. The molecule has 0 spiro atoms. The maximum Gasteiger partial charge on any atom is 0.354 e. The highest BCUT2D eigenvalue weighted by Crippen LogP contribution is 2.34. The van der Waals surface area contributed by atoms with Crippen LogP contribution in [0.2, 0.25) is 0 Å². The molecule has 5 rings (SSSR count). The molecule has 4 heterocycles. The lowest BCUT2D eigenvalue weighted by molar-refractivity contribution is -0.133. The third kappa shape index (κ3) is 6.22. The van der Waals surface area contributed by atoms with Crippen molar-refractivity contribution >= 4 is 17.6 Å². The van der Waals surface area contributed by atoms with Crippen LogP contribution in [0.3, 0.4) is 0 Å². The van der Waals surface area contributed by atoms with Gasteiger partial charge in [-0.25, -0.2) is 9.59 Å². The lowest BCUT2D eigenvalue weighted by Crippen LogP contribution is -2.62. The molecule has 3 aliphatic heterocycles. The van der Waals surface area contributed by atoms with Crippen molar-refractivity contribution in [3.8, 4) is 5.69 Å². The topological polar surface area (TPSA) is 149 Å². The Labute approximate surface area is 228 Å². The molecule has 1 aromatic carbocycles. The number of nitrogens with one attached hydrogen (secondary N) is 1. The van der Waals surface area contributed by atoms with Gasteiger partial charge in [0.2, 0.25) is 0 Å². The molecule has 2 aromatic rings. The lowest BCUT2D eigenvalue weighted by atomic mass is 9.77. The first kappa shape index (κ1) is 27.4. The first-order valence-electron chi connectivity index (χ1n) is 13.8. The summed E-state index contributed by atoms with van der Waals surface area (Å²) in [4.78, 5) is 47.1. The van der Waals surface area contributed by atoms with Crippen molar-refractivity contribution < 1.29 is 14.3 Å². The number of anilines is 1. The number of piperidine rings is 2. The molecule has 210 valence electrons. The number of amides is 2. The van der Waals surface area contributed by atoms with Gasteiger partial charge < -0.3 is 21.1 Å². The highest BCUT2D eigenvalue weighted by Gasteiger charge is 2.45. The molecule has 3 aliphatic rings. The van der Waals surface area contributed by atoms with Gasteiger partial charge in [-0.15, -0.1) is 0 Å². The van der Waals surface area contributed by atoms with Crippen molar-refractivity contribution in [2.75, 3.05) is 31.6 Å². The molecule has 2 amide bonds. The number of carbonyl (C=O) groups is 2. The number of aromatic nitrogens is 2. The smallest absolute Gasteiger partial charge is 0.354 e. The van der Waals surface area contributed by atoms with Crippen molar-refractivity contribution in [2.45, 2.75) is 69.7 Å². The van der Waals surface area contributed by atoms with Crippen LogP contribution in [0.1, 0.15) is 45.1 Å². The van der Waals surface area contributed by atoms with Gasteiger partial charge >= 0.3 is 11.7 Å². The second-order valence-corrected chi connectivity index (χ2v) is 11.7. The maximum absolute atomic E-state index is 13.2. The van der Waals surface area contributed by atoms with E-state index in [4.69, 9.17) is 16.2 Å². The molecule has 0 aliphatic carbocycles. The monoisotopic (exact) mass is 537 g/mol. The molecule has 11 nitrogen and oxygen atoms in total. The Hall–Kier alpha value is -3.12. The number of hydrogen-bond acceptors (Lipinski definition) is 8. The number of benzene rings is 1. The van der Waals surface area contributed by atoms with Gasteiger partial charge in [-0.2, -0.15) is 4.98 Å². The predicted octanol–water partition coefficient (Wildman–Crippen LogP) is 1.47. The van der Waals surface area contributed by atoms with E-state index >= 15 is 0 Å². The van der Waals surface area contributed by atoms with Crippen LogP contribution in [0.5, 0.6) is 0 Å². The number of fused-ring (bicyclic) bond motifs is 2. The SMILES string of the molecule is CC(C)(N)C(=O)C1CC2COCC(C1)N2C(=O)Nc1ccn(-c2ccc(CN3CCC(N)CC3)cc2)c(=O)n1. The van der Waals surface area contributed by atoms with Crippen molar-refractivity contribution in [1.29, 1.82) is 0 Å². The van der Waals surface area contributed by atoms with E-state index in [1.54, 1.807) is 31.0 Å². The van der Waals surface area contributed by atoms with Gasteiger partial charge in [0.05, 0.1) is 36.5 Å². The van der Waals surface area contributed by atoms with Crippen molar-refractivity contribution in [3.63, 3.8) is 0 Å². The fraction of sp³-hybridized carbons (Fsp3) is 0.571. The summed E-state index contributed by atoms with van der Waals surface area (Å²) in [6.45, 7) is 6.99. The van der Waals surface area contributed by atoms with Gasteiger partial charge in [0, 0.05) is 24.7 Å². The number of Topliss-reactive ketones (excluding diaryl/α,β-unsaturated/α-hetero) is 1. The van der Waals surface area contributed by atoms with E-state index in [1.807, 2.05) is 24.3 Å². The summed E-state index contributed by atoms with van der Waals surface area (Å²) >= 11 is 0. The molecule has 1 aromatic heterocycles. The summed E-state index contributed by atoms with van der Waals surface area (Å²) in [5.41, 5.74) is 12.5. The Balaban J connectivity index is 1.22. The summed E-state index contributed by atoms with van der Waals surface area (Å²) in [6, 6.07) is 8.94. The molecule has 2 unspecified atom stereocenters. The number of hydrogen-bond donors (Lipinski definition) is 3. The Morgan fingerprint density at radius 2 is 1.72 bits per heavy atom. The minimum Gasteiger partial charge on any atom is -0.377 e. The van der Waals surface area contributed by atoms with Gasteiger partial charge in [-0.1, -0.05) is 12.1 Å². The fourth-order valence-corrected chi connectivity index (χ4v) is 5.96. The third-order valence-electron chi connectivity index (χ3n) is 8.05. The van der Waals surface area contributed by atoms with E-state index in [0.717, 1.165) is 32.5 Å². The summed E-state index contributed by atoms with van der Waals surface area (Å²) in [7, 11) is 0. The van der Waals surface area contributed by atoms with E-state index in [9.17, 15) is 14.4 Å². The van der Waals surface area contributed by atoms with E-state index in [-0.39, 0.29) is 35.6 Å². The first-order valence-corrected chi connectivity index (χ1v) is 13.8. The van der Waals surface area contributed by atoms with Crippen LogP contribution in [-0.4, -0.2) is 81.1 Å². The largest absolute Gasteiger partial charge is 0.377 e. The first-order chi connectivity index (χ1) is 18.6. The highest BCUT2D eigenvalue weighted by molar-refractivity contribution is 5.91. The van der Waals surface area contributed by atoms with Crippen LogP contribution in [0, 0.1) is 5.92 Å².